The molecule has 1 heterocycles. The van der Waals surface area contributed by atoms with Crippen molar-refractivity contribution < 1.29 is 9.47 Å². The van der Waals surface area contributed by atoms with Gasteiger partial charge in [0, 0.05) is 32.4 Å². The van der Waals surface area contributed by atoms with Gasteiger partial charge in [0.05, 0.1) is 19.2 Å². The fourth-order valence-electron chi connectivity index (χ4n) is 3.68. The quantitative estimate of drug-likeness (QED) is 0.193. The Labute approximate surface area is 209 Å². The van der Waals surface area contributed by atoms with Gasteiger partial charge in [-0.3, -0.25) is 0 Å². The van der Waals surface area contributed by atoms with E-state index in [0.29, 0.717) is 19.8 Å². The van der Waals surface area contributed by atoms with Crippen LogP contribution in [0.15, 0.2) is 53.5 Å². The second kappa shape index (κ2) is 14.2. The van der Waals surface area contributed by atoms with Gasteiger partial charge in [0.15, 0.2) is 5.96 Å². The van der Waals surface area contributed by atoms with E-state index in [0.717, 1.165) is 36.9 Å². The van der Waals surface area contributed by atoms with Crippen LogP contribution in [0.2, 0.25) is 0 Å². The van der Waals surface area contributed by atoms with E-state index in [2.05, 4.69) is 65.8 Å². The minimum atomic E-state index is 0. The van der Waals surface area contributed by atoms with E-state index in [9.17, 15) is 0 Å². The highest BCUT2D eigenvalue weighted by Crippen LogP contribution is 2.24. The highest BCUT2D eigenvalue weighted by molar-refractivity contribution is 14.0. The fraction of sp³-hybridized carbons (Fsp3) is 0.480. The normalized spacial score (nSPS) is 14.6. The third-order valence-corrected chi connectivity index (χ3v) is 5.44. The molecule has 1 saturated heterocycles. The van der Waals surface area contributed by atoms with Gasteiger partial charge in [-0.05, 0) is 62.1 Å². The van der Waals surface area contributed by atoms with Crippen molar-refractivity contribution in [3.05, 3.63) is 59.7 Å². The second-order valence-corrected chi connectivity index (χ2v) is 7.84. The molecule has 0 aromatic heterocycles. The zero-order chi connectivity index (χ0) is 21.9. The summed E-state index contributed by atoms with van der Waals surface area (Å²) in [6.45, 7) is 9.15. The predicted octanol–water partition coefficient (Wildman–Crippen LogP) is 4.75. The Bertz CT molecular complexity index is 823. The largest absolute Gasteiger partial charge is 0.491 e. The SMILES string of the molecule is CCNC(=NCc1ccc(OCCOC)cc1)NC(C)c1cccc(N2CCCC2)c1.I. The van der Waals surface area contributed by atoms with Crippen LogP contribution in [0.3, 0.4) is 0 Å². The van der Waals surface area contributed by atoms with Crippen molar-refractivity contribution in [2.45, 2.75) is 39.3 Å². The van der Waals surface area contributed by atoms with Gasteiger partial charge < -0.3 is 25.0 Å². The van der Waals surface area contributed by atoms with Crippen LogP contribution >= 0.6 is 24.0 Å². The standard InChI is InChI=1S/C25H36N4O2.HI/c1-4-26-25(27-19-21-10-12-24(13-11-21)31-17-16-30-3)28-20(2)22-8-7-9-23(18-22)29-14-5-6-15-29;/h7-13,18,20H,4-6,14-17,19H2,1-3H3,(H2,26,27,28);1H. The van der Waals surface area contributed by atoms with Crippen molar-refractivity contribution in [3.63, 3.8) is 0 Å². The van der Waals surface area contributed by atoms with Crippen LogP contribution in [0.25, 0.3) is 0 Å². The van der Waals surface area contributed by atoms with Gasteiger partial charge in [-0.25, -0.2) is 4.99 Å². The van der Waals surface area contributed by atoms with Gasteiger partial charge in [-0.15, -0.1) is 24.0 Å². The molecule has 0 bridgehead atoms. The van der Waals surface area contributed by atoms with Gasteiger partial charge in [0.2, 0.25) is 0 Å². The molecule has 0 saturated carbocycles. The molecule has 1 aliphatic rings. The summed E-state index contributed by atoms with van der Waals surface area (Å²) < 4.78 is 10.6. The number of benzene rings is 2. The molecule has 0 aliphatic carbocycles. The van der Waals surface area contributed by atoms with E-state index in [1.165, 1.54) is 24.1 Å². The second-order valence-electron chi connectivity index (χ2n) is 7.84. The number of aliphatic imine (C=N–C) groups is 1. The maximum atomic E-state index is 5.62. The first-order chi connectivity index (χ1) is 15.2. The molecule has 1 aliphatic heterocycles. The molecule has 6 nitrogen and oxygen atoms in total. The summed E-state index contributed by atoms with van der Waals surface area (Å²) >= 11 is 0. The highest BCUT2D eigenvalue weighted by Gasteiger charge is 2.14. The fourth-order valence-corrected chi connectivity index (χ4v) is 3.68. The molecular formula is C25H37IN4O2. The maximum absolute atomic E-state index is 5.62. The first-order valence-electron chi connectivity index (χ1n) is 11.3. The Morgan fingerprint density at radius 3 is 2.53 bits per heavy atom. The monoisotopic (exact) mass is 552 g/mol. The van der Waals surface area contributed by atoms with Crippen molar-refractivity contribution in [2.75, 3.05) is 44.9 Å². The van der Waals surface area contributed by atoms with Crippen LogP contribution in [-0.4, -0.2) is 45.9 Å². The zero-order valence-electron chi connectivity index (χ0n) is 19.5. The Morgan fingerprint density at radius 2 is 1.84 bits per heavy atom. The van der Waals surface area contributed by atoms with Gasteiger partial charge in [0.1, 0.15) is 12.4 Å². The lowest BCUT2D eigenvalue weighted by Crippen LogP contribution is -2.38. The molecule has 2 N–H and O–H groups in total. The summed E-state index contributed by atoms with van der Waals surface area (Å²) in [6.07, 6.45) is 2.57. The third kappa shape index (κ3) is 8.16. The topological polar surface area (TPSA) is 58.1 Å². The van der Waals surface area contributed by atoms with Crippen LogP contribution < -0.4 is 20.3 Å². The molecule has 2 aromatic carbocycles. The molecule has 2 aromatic rings. The number of methoxy groups -OCH3 is 1. The minimum Gasteiger partial charge on any atom is -0.491 e. The number of hydrogen-bond acceptors (Lipinski definition) is 4. The molecule has 176 valence electrons. The van der Waals surface area contributed by atoms with Crippen LogP contribution in [0.1, 0.15) is 43.9 Å². The molecule has 1 unspecified atom stereocenters. The zero-order valence-corrected chi connectivity index (χ0v) is 21.8. The van der Waals surface area contributed by atoms with E-state index in [-0.39, 0.29) is 30.0 Å². The molecule has 0 radical (unpaired) electrons. The van der Waals surface area contributed by atoms with E-state index >= 15 is 0 Å². The molecule has 7 heteroatoms. The molecule has 3 rings (SSSR count). The van der Waals surface area contributed by atoms with Crippen molar-refractivity contribution in [1.82, 2.24) is 10.6 Å². The number of nitrogens with one attached hydrogen (secondary N) is 2. The number of halogens is 1. The van der Waals surface area contributed by atoms with Gasteiger partial charge in [0.25, 0.3) is 0 Å². The number of guanidine groups is 1. The number of nitrogens with zero attached hydrogens (tertiary/aromatic N) is 2. The average Bonchev–Trinajstić information content (AvgIpc) is 3.34. The van der Waals surface area contributed by atoms with Crippen LogP contribution in [0.5, 0.6) is 5.75 Å². The molecule has 32 heavy (non-hydrogen) atoms. The van der Waals surface area contributed by atoms with Crippen LogP contribution in [0, 0.1) is 0 Å². The van der Waals surface area contributed by atoms with Crippen molar-refractivity contribution in [1.29, 1.82) is 0 Å². The lowest BCUT2D eigenvalue weighted by Gasteiger charge is -2.22. The Kier molecular flexibility index (Phi) is 11.7. The summed E-state index contributed by atoms with van der Waals surface area (Å²) in [5, 5.41) is 6.91. The van der Waals surface area contributed by atoms with Gasteiger partial charge >= 0.3 is 0 Å². The van der Waals surface area contributed by atoms with Crippen LogP contribution in [0.4, 0.5) is 5.69 Å². The lowest BCUT2D eigenvalue weighted by atomic mass is 10.1. The number of hydrogen-bond donors (Lipinski definition) is 2. The molecule has 1 fully saturated rings. The average molecular weight is 553 g/mol. The van der Waals surface area contributed by atoms with Crippen molar-refractivity contribution in [3.8, 4) is 5.75 Å². The highest BCUT2D eigenvalue weighted by atomic mass is 127. The Balaban J connectivity index is 0.00000363. The van der Waals surface area contributed by atoms with Crippen LogP contribution in [-0.2, 0) is 11.3 Å². The first kappa shape index (κ1) is 26.3. The number of anilines is 1. The summed E-state index contributed by atoms with van der Waals surface area (Å²) in [5.41, 5.74) is 3.73. The summed E-state index contributed by atoms with van der Waals surface area (Å²) in [7, 11) is 1.67. The Morgan fingerprint density at radius 1 is 1.09 bits per heavy atom. The molecule has 0 amide bonds. The van der Waals surface area contributed by atoms with Gasteiger partial charge in [-0.2, -0.15) is 0 Å². The predicted molar refractivity (Wildman–Crippen MR) is 143 cm³/mol. The molecular weight excluding hydrogens is 515 g/mol. The minimum absolute atomic E-state index is 0. The molecule has 1 atom stereocenters. The maximum Gasteiger partial charge on any atom is 0.192 e. The smallest absolute Gasteiger partial charge is 0.192 e. The van der Waals surface area contributed by atoms with Crippen molar-refractivity contribution >= 4 is 35.6 Å². The first-order valence-corrected chi connectivity index (χ1v) is 11.3. The van der Waals surface area contributed by atoms with Gasteiger partial charge in [-0.1, -0.05) is 24.3 Å². The molecule has 0 spiro atoms. The van der Waals surface area contributed by atoms with E-state index in [4.69, 9.17) is 14.5 Å². The summed E-state index contributed by atoms with van der Waals surface area (Å²) in [5.74, 6) is 1.67. The van der Waals surface area contributed by atoms with E-state index < -0.39 is 0 Å². The lowest BCUT2D eigenvalue weighted by molar-refractivity contribution is 0.146. The van der Waals surface area contributed by atoms with Crippen molar-refractivity contribution in [2.24, 2.45) is 4.99 Å². The summed E-state index contributed by atoms with van der Waals surface area (Å²) in [4.78, 5) is 7.25. The van der Waals surface area contributed by atoms with E-state index in [1.807, 2.05) is 12.1 Å². The number of ether oxygens (including phenoxy) is 2. The third-order valence-electron chi connectivity index (χ3n) is 5.44. The number of rotatable bonds is 10. The van der Waals surface area contributed by atoms with E-state index in [1.54, 1.807) is 7.11 Å². The Hall–Kier alpha value is -2.00. The summed E-state index contributed by atoms with van der Waals surface area (Å²) in [6, 6.07) is 17.1.